The number of carbonyl (C=O) groups excluding carboxylic acids is 2. The third-order valence-corrected chi connectivity index (χ3v) is 3.41. The number of nitrogens with one attached hydrogen (secondary N) is 1. The number of carbonyl (C=O) groups is 3. The Morgan fingerprint density at radius 1 is 1.42 bits per heavy atom. The summed E-state index contributed by atoms with van der Waals surface area (Å²) in [6, 6.07) is -1.35. The fourth-order valence-corrected chi connectivity index (χ4v) is 2.17. The molecule has 1 heterocycles. The third kappa shape index (κ3) is 3.59. The molecule has 19 heavy (non-hydrogen) atoms. The summed E-state index contributed by atoms with van der Waals surface area (Å²) in [4.78, 5) is 35.7. The van der Waals surface area contributed by atoms with Gasteiger partial charge in [-0.25, -0.2) is 9.59 Å². The number of rotatable bonds is 4. The molecule has 108 valence electrons. The largest absolute Gasteiger partial charge is 0.480 e. The Balaban J connectivity index is 2.60. The molecule has 0 aromatic carbocycles. The van der Waals surface area contributed by atoms with E-state index >= 15 is 0 Å². The number of amides is 2. The minimum atomic E-state index is -1.06. The number of aliphatic carboxylic acids is 1. The van der Waals surface area contributed by atoms with Crippen LogP contribution in [-0.4, -0.2) is 54.2 Å². The number of urea groups is 1. The van der Waals surface area contributed by atoms with Crippen LogP contribution in [-0.2, 0) is 14.3 Å². The van der Waals surface area contributed by atoms with Gasteiger partial charge in [-0.3, -0.25) is 4.79 Å². The van der Waals surface area contributed by atoms with Gasteiger partial charge >= 0.3 is 18.0 Å². The van der Waals surface area contributed by atoms with Gasteiger partial charge in [0.25, 0.3) is 0 Å². The van der Waals surface area contributed by atoms with Gasteiger partial charge in [-0.1, -0.05) is 13.8 Å². The van der Waals surface area contributed by atoms with E-state index in [4.69, 9.17) is 5.11 Å². The van der Waals surface area contributed by atoms with E-state index in [9.17, 15) is 14.4 Å². The predicted molar refractivity (Wildman–Crippen MR) is 66.5 cm³/mol. The summed E-state index contributed by atoms with van der Waals surface area (Å²) in [5, 5.41) is 11.3. The molecule has 1 aliphatic heterocycles. The first-order valence-electron chi connectivity index (χ1n) is 6.26. The fraction of sp³-hybridized carbons (Fsp3) is 0.750. The van der Waals surface area contributed by atoms with E-state index in [0.29, 0.717) is 13.0 Å². The lowest BCUT2D eigenvalue weighted by Crippen LogP contribution is -2.47. The Morgan fingerprint density at radius 3 is 2.53 bits per heavy atom. The summed E-state index contributed by atoms with van der Waals surface area (Å²) < 4.78 is 4.68. The molecule has 0 aliphatic carbocycles. The van der Waals surface area contributed by atoms with E-state index in [-0.39, 0.29) is 24.3 Å². The number of methoxy groups -OCH3 is 1. The number of ether oxygens (including phenoxy) is 1. The Morgan fingerprint density at radius 2 is 2.05 bits per heavy atom. The van der Waals surface area contributed by atoms with Crippen molar-refractivity contribution in [1.29, 1.82) is 0 Å². The van der Waals surface area contributed by atoms with Crippen LogP contribution in [0.4, 0.5) is 4.79 Å². The van der Waals surface area contributed by atoms with Gasteiger partial charge in [0.1, 0.15) is 6.04 Å². The molecule has 1 fully saturated rings. The van der Waals surface area contributed by atoms with Crippen molar-refractivity contribution in [2.75, 3.05) is 20.2 Å². The van der Waals surface area contributed by atoms with Gasteiger partial charge in [0.05, 0.1) is 13.0 Å². The molecular formula is C12H20N2O5. The Hall–Kier alpha value is -1.79. The lowest BCUT2D eigenvalue weighted by Gasteiger charge is -2.20. The molecular weight excluding hydrogens is 252 g/mol. The average Bonchev–Trinajstić information content (AvgIpc) is 2.76. The lowest BCUT2D eigenvalue weighted by molar-refractivity contribution is -0.146. The first-order valence-corrected chi connectivity index (χ1v) is 6.26. The highest BCUT2D eigenvalue weighted by Crippen LogP contribution is 2.24. The number of carboxylic acids is 1. The van der Waals surface area contributed by atoms with Crippen LogP contribution in [0.25, 0.3) is 0 Å². The van der Waals surface area contributed by atoms with Crippen LogP contribution < -0.4 is 5.32 Å². The Bertz CT molecular complexity index is 371. The Kier molecular flexibility index (Phi) is 5.14. The van der Waals surface area contributed by atoms with Gasteiger partial charge in [-0.2, -0.15) is 0 Å². The van der Waals surface area contributed by atoms with Crippen molar-refractivity contribution in [3.63, 3.8) is 0 Å². The highest BCUT2D eigenvalue weighted by Gasteiger charge is 2.38. The molecule has 1 rings (SSSR count). The van der Waals surface area contributed by atoms with Gasteiger partial charge in [0, 0.05) is 13.1 Å². The van der Waals surface area contributed by atoms with Gasteiger partial charge in [0.15, 0.2) is 0 Å². The van der Waals surface area contributed by atoms with E-state index < -0.39 is 18.0 Å². The van der Waals surface area contributed by atoms with Crippen LogP contribution in [0.15, 0.2) is 0 Å². The first kappa shape index (κ1) is 15.3. The molecule has 2 unspecified atom stereocenters. The molecule has 7 heteroatoms. The maximum atomic E-state index is 11.9. The molecule has 2 amide bonds. The van der Waals surface area contributed by atoms with Crippen LogP contribution in [0.5, 0.6) is 0 Å². The third-order valence-electron chi connectivity index (χ3n) is 3.41. The second-order valence-electron chi connectivity index (χ2n) is 4.76. The predicted octanol–water partition coefficient (Wildman–Crippen LogP) is 0.300. The molecule has 0 spiro atoms. The summed E-state index contributed by atoms with van der Waals surface area (Å²) in [6.45, 7) is 4.23. The van der Waals surface area contributed by atoms with Gasteiger partial charge in [-0.05, 0) is 12.3 Å². The van der Waals surface area contributed by atoms with E-state index in [2.05, 4.69) is 10.1 Å². The SMILES string of the molecule is CC[C@@H](NC(=O)N1CC(C)C(C(=O)OC)C1)C(=O)O. The normalized spacial score (nSPS) is 23.8. The molecule has 0 saturated carbocycles. The second kappa shape index (κ2) is 6.40. The molecule has 7 nitrogen and oxygen atoms in total. The molecule has 3 atom stereocenters. The summed E-state index contributed by atoms with van der Waals surface area (Å²) in [5.41, 5.74) is 0. The summed E-state index contributed by atoms with van der Waals surface area (Å²) in [6.07, 6.45) is 0.310. The molecule has 0 radical (unpaired) electrons. The van der Waals surface area contributed by atoms with Crippen LogP contribution in [0.2, 0.25) is 0 Å². The summed E-state index contributed by atoms with van der Waals surface area (Å²) in [7, 11) is 1.31. The van der Waals surface area contributed by atoms with Crippen molar-refractivity contribution in [3.8, 4) is 0 Å². The average molecular weight is 272 g/mol. The van der Waals surface area contributed by atoms with Crippen molar-refractivity contribution in [2.45, 2.75) is 26.3 Å². The quantitative estimate of drug-likeness (QED) is 0.718. The number of hydrogen-bond acceptors (Lipinski definition) is 4. The van der Waals surface area contributed by atoms with Gasteiger partial charge < -0.3 is 20.1 Å². The van der Waals surface area contributed by atoms with Crippen LogP contribution in [0, 0.1) is 11.8 Å². The van der Waals surface area contributed by atoms with E-state index in [1.54, 1.807) is 6.92 Å². The first-order chi connectivity index (χ1) is 8.90. The van der Waals surface area contributed by atoms with Crippen molar-refractivity contribution in [2.24, 2.45) is 11.8 Å². The number of esters is 1. The van der Waals surface area contributed by atoms with Gasteiger partial charge in [0.2, 0.25) is 0 Å². The lowest BCUT2D eigenvalue weighted by atomic mass is 9.99. The Labute approximate surface area is 111 Å². The molecule has 0 aromatic heterocycles. The number of likely N-dealkylation sites (tertiary alicyclic amines) is 1. The van der Waals surface area contributed by atoms with Crippen molar-refractivity contribution in [1.82, 2.24) is 10.2 Å². The van der Waals surface area contributed by atoms with Crippen molar-refractivity contribution >= 4 is 18.0 Å². The van der Waals surface area contributed by atoms with E-state index in [0.717, 1.165) is 0 Å². The molecule has 1 aliphatic rings. The van der Waals surface area contributed by atoms with Crippen LogP contribution in [0.3, 0.4) is 0 Å². The highest BCUT2D eigenvalue weighted by molar-refractivity contribution is 5.83. The zero-order valence-corrected chi connectivity index (χ0v) is 11.4. The second-order valence-corrected chi connectivity index (χ2v) is 4.76. The van der Waals surface area contributed by atoms with Crippen molar-refractivity contribution < 1.29 is 24.2 Å². The maximum absolute atomic E-state index is 11.9. The van der Waals surface area contributed by atoms with Gasteiger partial charge in [-0.15, -0.1) is 0 Å². The molecule has 0 bridgehead atoms. The number of carboxylic acid groups (broad SMARTS) is 1. The summed E-state index contributed by atoms with van der Waals surface area (Å²) >= 11 is 0. The fourth-order valence-electron chi connectivity index (χ4n) is 2.17. The maximum Gasteiger partial charge on any atom is 0.326 e. The van der Waals surface area contributed by atoms with Crippen LogP contribution >= 0.6 is 0 Å². The standard InChI is InChI=1S/C12H20N2O5/c1-4-9(10(15)16)13-12(18)14-5-7(2)8(6-14)11(17)19-3/h7-9H,4-6H2,1-3H3,(H,13,18)(H,15,16)/t7?,8?,9-/m1/s1. The zero-order valence-electron chi connectivity index (χ0n) is 11.4. The topological polar surface area (TPSA) is 95.9 Å². The minimum absolute atomic E-state index is 0.00287. The van der Waals surface area contributed by atoms with Crippen LogP contribution in [0.1, 0.15) is 20.3 Å². The highest BCUT2D eigenvalue weighted by atomic mass is 16.5. The number of nitrogens with zero attached hydrogens (tertiary/aromatic N) is 1. The van der Waals surface area contributed by atoms with E-state index in [1.807, 2.05) is 6.92 Å². The number of hydrogen-bond donors (Lipinski definition) is 2. The molecule has 2 N–H and O–H groups in total. The molecule has 0 aromatic rings. The summed E-state index contributed by atoms with van der Waals surface area (Å²) in [5.74, 6) is -1.75. The smallest absolute Gasteiger partial charge is 0.326 e. The minimum Gasteiger partial charge on any atom is -0.480 e. The molecule has 1 saturated heterocycles. The zero-order chi connectivity index (χ0) is 14.6. The van der Waals surface area contributed by atoms with Crippen molar-refractivity contribution in [3.05, 3.63) is 0 Å². The monoisotopic (exact) mass is 272 g/mol. The van der Waals surface area contributed by atoms with E-state index in [1.165, 1.54) is 12.0 Å².